The summed E-state index contributed by atoms with van der Waals surface area (Å²) < 4.78 is 5.55. The second-order valence-corrected chi connectivity index (χ2v) is 6.29. The standard InChI is InChI=1S/C8H17OPS/c1-4-7-9-10(6-3)11-8-5-2/h4H,1,5-8H2,2-3H3. The van der Waals surface area contributed by atoms with Gasteiger partial charge in [-0.25, -0.2) is 0 Å². The molecule has 11 heavy (non-hydrogen) atoms. The van der Waals surface area contributed by atoms with Gasteiger partial charge in [0.2, 0.25) is 0 Å². The molecule has 0 fully saturated rings. The molecule has 0 aromatic rings. The minimum Gasteiger partial charge on any atom is -0.344 e. The molecule has 0 aliphatic heterocycles. The molecule has 1 nitrogen and oxygen atoms in total. The van der Waals surface area contributed by atoms with Gasteiger partial charge in [0.15, 0.2) is 0 Å². The maximum atomic E-state index is 5.55. The van der Waals surface area contributed by atoms with Crippen molar-refractivity contribution in [1.82, 2.24) is 0 Å². The van der Waals surface area contributed by atoms with Gasteiger partial charge in [-0.3, -0.25) is 0 Å². The second-order valence-electron chi connectivity index (χ2n) is 2.07. The van der Waals surface area contributed by atoms with Gasteiger partial charge in [0, 0.05) is 0 Å². The fraction of sp³-hybridized carbons (Fsp3) is 0.750. The van der Waals surface area contributed by atoms with Crippen LogP contribution in [-0.4, -0.2) is 18.5 Å². The van der Waals surface area contributed by atoms with Crippen LogP contribution in [0.5, 0.6) is 0 Å². The lowest BCUT2D eigenvalue weighted by molar-refractivity contribution is 0.413. The summed E-state index contributed by atoms with van der Waals surface area (Å²) in [6.07, 6.45) is 4.20. The summed E-state index contributed by atoms with van der Waals surface area (Å²) in [6.45, 7) is 8.70. The summed E-state index contributed by atoms with van der Waals surface area (Å²) in [5.41, 5.74) is 0. The lowest BCUT2D eigenvalue weighted by atomic mass is 10.6. The van der Waals surface area contributed by atoms with Gasteiger partial charge >= 0.3 is 0 Å². The highest BCUT2D eigenvalue weighted by atomic mass is 32.7. The number of rotatable bonds is 7. The van der Waals surface area contributed by atoms with E-state index in [0.29, 0.717) is 6.61 Å². The minimum absolute atomic E-state index is 0.225. The Bertz CT molecular complexity index is 98.1. The van der Waals surface area contributed by atoms with Crippen molar-refractivity contribution in [3.05, 3.63) is 12.7 Å². The maximum absolute atomic E-state index is 5.55. The van der Waals surface area contributed by atoms with Crippen molar-refractivity contribution in [2.75, 3.05) is 18.5 Å². The molecule has 0 bridgehead atoms. The fourth-order valence-electron chi connectivity index (χ4n) is 0.549. The highest BCUT2D eigenvalue weighted by Gasteiger charge is 2.04. The summed E-state index contributed by atoms with van der Waals surface area (Å²) in [5, 5.41) is 0. The van der Waals surface area contributed by atoms with E-state index in [1.54, 1.807) is 0 Å². The first-order valence-corrected chi connectivity index (χ1v) is 7.02. The topological polar surface area (TPSA) is 9.23 Å². The summed E-state index contributed by atoms with van der Waals surface area (Å²) in [4.78, 5) is 0. The van der Waals surface area contributed by atoms with Crippen molar-refractivity contribution in [3.63, 3.8) is 0 Å². The summed E-state index contributed by atoms with van der Waals surface area (Å²) in [6, 6.07) is 0. The molecule has 0 aliphatic rings. The zero-order chi connectivity index (χ0) is 8.53. The van der Waals surface area contributed by atoms with Crippen LogP contribution in [0.2, 0.25) is 0 Å². The Hall–Kier alpha value is 0.480. The summed E-state index contributed by atoms with van der Waals surface area (Å²) >= 11 is 1.96. The van der Waals surface area contributed by atoms with Crippen LogP contribution in [0.25, 0.3) is 0 Å². The van der Waals surface area contributed by atoms with E-state index in [9.17, 15) is 0 Å². The SMILES string of the molecule is C=CCOP(CC)SCCC. The molecule has 1 atom stereocenters. The average molecular weight is 192 g/mol. The van der Waals surface area contributed by atoms with E-state index in [1.807, 2.05) is 17.5 Å². The van der Waals surface area contributed by atoms with Gasteiger partial charge in [-0.2, -0.15) is 0 Å². The van der Waals surface area contributed by atoms with E-state index < -0.39 is 0 Å². The Morgan fingerprint density at radius 3 is 2.73 bits per heavy atom. The monoisotopic (exact) mass is 192 g/mol. The molecule has 1 unspecified atom stereocenters. The van der Waals surface area contributed by atoms with Crippen LogP contribution < -0.4 is 0 Å². The zero-order valence-corrected chi connectivity index (χ0v) is 9.09. The molecular formula is C8H17OPS. The third kappa shape index (κ3) is 6.86. The predicted molar refractivity (Wildman–Crippen MR) is 56.4 cm³/mol. The number of hydrogen-bond donors (Lipinski definition) is 0. The van der Waals surface area contributed by atoms with Gasteiger partial charge in [0.1, 0.15) is 0 Å². The quantitative estimate of drug-likeness (QED) is 0.449. The second kappa shape index (κ2) is 8.58. The minimum atomic E-state index is -0.225. The van der Waals surface area contributed by atoms with Crippen molar-refractivity contribution < 1.29 is 4.52 Å². The van der Waals surface area contributed by atoms with E-state index in [4.69, 9.17) is 4.52 Å². The highest BCUT2D eigenvalue weighted by molar-refractivity contribution is 8.54. The molecule has 0 heterocycles. The Morgan fingerprint density at radius 1 is 1.55 bits per heavy atom. The van der Waals surface area contributed by atoms with E-state index in [-0.39, 0.29) is 7.35 Å². The first kappa shape index (κ1) is 11.5. The molecule has 0 saturated carbocycles. The Labute approximate surface area is 75.2 Å². The van der Waals surface area contributed by atoms with Gasteiger partial charge in [0.05, 0.1) is 14.0 Å². The van der Waals surface area contributed by atoms with Gasteiger partial charge < -0.3 is 4.52 Å². The van der Waals surface area contributed by atoms with Crippen LogP contribution in [0.4, 0.5) is 0 Å². The van der Waals surface area contributed by atoms with E-state index in [1.165, 1.54) is 12.2 Å². The molecule has 0 saturated heterocycles. The highest BCUT2D eigenvalue weighted by Crippen LogP contribution is 2.50. The van der Waals surface area contributed by atoms with Crippen LogP contribution in [0.1, 0.15) is 20.3 Å². The van der Waals surface area contributed by atoms with E-state index >= 15 is 0 Å². The zero-order valence-electron chi connectivity index (χ0n) is 7.38. The predicted octanol–water partition coefficient (Wildman–Crippen LogP) is 3.66. The summed E-state index contributed by atoms with van der Waals surface area (Å²) in [5.74, 6) is 1.22. The molecule has 0 aliphatic carbocycles. The molecule has 0 aromatic heterocycles. The Kier molecular flexibility index (Phi) is 8.95. The first-order valence-electron chi connectivity index (χ1n) is 3.99. The molecule has 0 spiro atoms. The smallest absolute Gasteiger partial charge is 0.0889 e. The van der Waals surface area contributed by atoms with Crippen molar-refractivity contribution in [2.24, 2.45) is 0 Å². The van der Waals surface area contributed by atoms with Crippen molar-refractivity contribution in [3.8, 4) is 0 Å². The Morgan fingerprint density at radius 2 is 2.27 bits per heavy atom. The summed E-state index contributed by atoms with van der Waals surface area (Å²) in [7, 11) is -0.225. The lowest BCUT2D eigenvalue weighted by Gasteiger charge is -2.12. The molecule has 0 radical (unpaired) electrons. The molecular weight excluding hydrogens is 175 g/mol. The van der Waals surface area contributed by atoms with Crippen LogP contribution >= 0.6 is 18.7 Å². The first-order chi connectivity index (χ1) is 5.35. The van der Waals surface area contributed by atoms with E-state index in [2.05, 4.69) is 20.4 Å². The Balaban J connectivity index is 3.32. The third-order valence-corrected chi connectivity index (χ3v) is 5.37. The number of hydrogen-bond acceptors (Lipinski definition) is 2. The van der Waals surface area contributed by atoms with Gasteiger partial charge in [-0.05, 0) is 18.3 Å². The average Bonchev–Trinajstić information content (AvgIpc) is 2.05. The fourth-order valence-corrected chi connectivity index (χ4v) is 3.76. The van der Waals surface area contributed by atoms with Crippen molar-refractivity contribution in [1.29, 1.82) is 0 Å². The molecule has 66 valence electrons. The molecule has 0 amide bonds. The van der Waals surface area contributed by atoms with Gasteiger partial charge in [0.25, 0.3) is 0 Å². The van der Waals surface area contributed by atoms with Gasteiger partial charge in [-0.1, -0.05) is 19.9 Å². The van der Waals surface area contributed by atoms with Crippen LogP contribution in [0, 0.1) is 0 Å². The lowest BCUT2D eigenvalue weighted by Crippen LogP contribution is -1.85. The van der Waals surface area contributed by atoms with Crippen molar-refractivity contribution in [2.45, 2.75) is 20.3 Å². The van der Waals surface area contributed by atoms with Crippen molar-refractivity contribution >= 4 is 18.7 Å². The van der Waals surface area contributed by atoms with Crippen LogP contribution in [0.3, 0.4) is 0 Å². The molecule has 0 rings (SSSR count). The normalized spacial score (nSPS) is 12.9. The largest absolute Gasteiger partial charge is 0.344 e. The molecule has 3 heteroatoms. The molecule has 0 N–H and O–H groups in total. The van der Waals surface area contributed by atoms with Gasteiger partial charge in [-0.15, -0.1) is 18.0 Å². The maximum Gasteiger partial charge on any atom is 0.0889 e. The van der Waals surface area contributed by atoms with Crippen LogP contribution in [-0.2, 0) is 4.52 Å². The van der Waals surface area contributed by atoms with E-state index in [0.717, 1.165) is 6.16 Å². The third-order valence-electron chi connectivity index (χ3n) is 1.03. The van der Waals surface area contributed by atoms with Crippen LogP contribution in [0.15, 0.2) is 12.7 Å². The molecule has 0 aromatic carbocycles.